The molecule has 2 saturated carbocycles. The largest absolute Gasteiger partial charge is 0.369 e. The SMILES string of the molecule is Cc1c(N2C[C@H]3[C@@H]4C[C@@H]([C@H]5O[C@@H]45)[C@H]3S2(=O)=O)ccc(C#N)c1Cl. The predicted octanol–water partition coefficient (Wildman–Crippen LogP) is 2.07. The summed E-state index contributed by atoms with van der Waals surface area (Å²) in [5, 5.41) is 9.09. The molecule has 0 spiro atoms. The normalized spacial score (nSPS) is 41.5. The van der Waals surface area contributed by atoms with E-state index in [9.17, 15) is 8.42 Å². The van der Waals surface area contributed by atoms with Gasteiger partial charge in [0.1, 0.15) is 6.07 Å². The number of anilines is 1. The maximum absolute atomic E-state index is 13.1. The van der Waals surface area contributed by atoms with E-state index < -0.39 is 10.0 Å². The quantitative estimate of drug-likeness (QED) is 0.727. The number of sulfonamides is 1. The van der Waals surface area contributed by atoms with Gasteiger partial charge in [0.05, 0.1) is 33.7 Å². The van der Waals surface area contributed by atoms with Gasteiger partial charge in [-0.15, -0.1) is 0 Å². The summed E-state index contributed by atoms with van der Waals surface area (Å²) in [5.41, 5.74) is 1.64. The van der Waals surface area contributed by atoms with Crippen LogP contribution in [0.3, 0.4) is 0 Å². The Kier molecular flexibility index (Phi) is 2.58. The van der Waals surface area contributed by atoms with Crippen LogP contribution in [0.5, 0.6) is 0 Å². The molecule has 4 aliphatic rings. The Bertz CT molecular complexity index is 878. The van der Waals surface area contributed by atoms with Gasteiger partial charge in [-0.25, -0.2) is 8.42 Å². The molecule has 0 unspecified atom stereocenters. The Hall–Kier alpha value is -1.29. The van der Waals surface area contributed by atoms with Crippen molar-refractivity contribution in [2.24, 2.45) is 17.8 Å². The Balaban J connectivity index is 1.59. The maximum atomic E-state index is 13.1. The highest BCUT2D eigenvalue weighted by atomic mass is 35.5. The van der Waals surface area contributed by atoms with Crippen LogP contribution in [0.1, 0.15) is 17.5 Å². The summed E-state index contributed by atoms with van der Waals surface area (Å²) in [6, 6.07) is 5.34. The molecule has 120 valence electrons. The summed E-state index contributed by atoms with van der Waals surface area (Å²) in [5.74, 6) is 0.686. The Morgan fingerprint density at radius 1 is 1.30 bits per heavy atom. The fourth-order valence-electron chi connectivity index (χ4n) is 5.10. The first-order valence-electron chi connectivity index (χ1n) is 7.81. The average Bonchev–Trinajstić information content (AvgIpc) is 3.02. The Morgan fingerprint density at radius 3 is 2.78 bits per heavy atom. The average molecular weight is 351 g/mol. The third-order valence-electron chi connectivity index (χ3n) is 6.12. The van der Waals surface area contributed by atoms with Gasteiger partial charge >= 0.3 is 0 Å². The van der Waals surface area contributed by atoms with Crippen molar-refractivity contribution in [2.75, 3.05) is 10.8 Å². The van der Waals surface area contributed by atoms with E-state index in [0.29, 0.717) is 40.4 Å². The fourth-order valence-corrected chi connectivity index (χ4v) is 7.88. The van der Waals surface area contributed by atoms with Crippen LogP contribution in [0.2, 0.25) is 5.02 Å². The van der Waals surface area contributed by atoms with Crippen LogP contribution in [-0.4, -0.2) is 32.4 Å². The van der Waals surface area contributed by atoms with Crippen LogP contribution in [-0.2, 0) is 14.8 Å². The van der Waals surface area contributed by atoms with Crippen LogP contribution in [0.15, 0.2) is 12.1 Å². The molecule has 1 aromatic carbocycles. The van der Waals surface area contributed by atoms with Gasteiger partial charge in [0, 0.05) is 18.4 Å². The van der Waals surface area contributed by atoms with Gasteiger partial charge in [-0.3, -0.25) is 4.31 Å². The summed E-state index contributed by atoms with van der Waals surface area (Å²) < 4.78 is 33.4. The molecular formula is C16H15ClN2O3S. The summed E-state index contributed by atoms with van der Waals surface area (Å²) >= 11 is 6.23. The number of ether oxygens (including phenoxy) is 1. The van der Waals surface area contributed by atoms with Crippen LogP contribution < -0.4 is 4.31 Å². The van der Waals surface area contributed by atoms with Crippen molar-refractivity contribution in [2.45, 2.75) is 30.8 Å². The predicted molar refractivity (Wildman–Crippen MR) is 84.7 cm³/mol. The molecule has 0 N–H and O–H groups in total. The molecule has 2 aliphatic heterocycles. The second kappa shape index (κ2) is 4.21. The van der Waals surface area contributed by atoms with E-state index in [1.54, 1.807) is 19.1 Å². The summed E-state index contributed by atoms with van der Waals surface area (Å²) in [6.07, 6.45) is 1.45. The lowest BCUT2D eigenvalue weighted by atomic mass is 9.88. The number of hydrogen-bond acceptors (Lipinski definition) is 4. The molecule has 23 heavy (non-hydrogen) atoms. The minimum absolute atomic E-state index is 0.152. The highest BCUT2D eigenvalue weighted by molar-refractivity contribution is 7.93. The zero-order chi connectivity index (χ0) is 16.1. The number of fused-ring (bicyclic) bond motifs is 8. The van der Waals surface area contributed by atoms with Crippen molar-refractivity contribution in [3.05, 3.63) is 28.3 Å². The van der Waals surface area contributed by atoms with E-state index in [2.05, 4.69) is 0 Å². The molecule has 5 nitrogen and oxygen atoms in total. The van der Waals surface area contributed by atoms with Crippen molar-refractivity contribution in [1.82, 2.24) is 0 Å². The zero-order valence-corrected chi connectivity index (χ0v) is 14.0. The van der Waals surface area contributed by atoms with Gasteiger partial charge < -0.3 is 4.74 Å². The molecular weight excluding hydrogens is 336 g/mol. The number of epoxide rings is 1. The molecule has 2 aliphatic carbocycles. The minimum Gasteiger partial charge on any atom is -0.369 e. The maximum Gasteiger partial charge on any atom is 0.238 e. The summed E-state index contributed by atoms with van der Waals surface area (Å²) in [6.45, 7) is 2.28. The molecule has 0 amide bonds. The lowest BCUT2D eigenvalue weighted by Gasteiger charge is -2.23. The van der Waals surface area contributed by atoms with Crippen molar-refractivity contribution >= 4 is 27.3 Å². The van der Waals surface area contributed by atoms with Crippen molar-refractivity contribution in [3.63, 3.8) is 0 Å². The number of halogens is 1. The van der Waals surface area contributed by atoms with Gasteiger partial charge in [0.15, 0.2) is 0 Å². The molecule has 2 saturated heterocycles. The van der Waals surface area contributed by atoms with E-state index in [-0.39, 0.29) is 23.2 Å². The standard InChI is InChI=1S/C16H15ClN2O3S/c1-7-12(3-2-8(5-18)13(7)17)19-6-11-9-4-10(15-14(9)22-15)16(11)23(19,20)21/h2-3,9-11,14-16H,4,6H2,1H3/t9-,10-,11-,14-,15+,16+/m0/s1. The molecule has 6 atom stereocenters. The molecule has 5 rings (SSSR count). The second-order valence-corrected chi connectivity index (χ2v) is 9.41. The first-order valence-corrected chi connectivity index (χ1v) is 9.69. The van der Waals surface area contributed by atoms with E-state index in [0.717, 1.165) is 6.42 Å². The summed E-state index contributed by atoms with van der Waals surface area (Å²) in [7, 11) is -3.40. The molecule has 4 fully saturated rings. The van der Waals surface area contributed by atoms with E-state index >= 15 is 0 Å². The van der Waals surface area contributed by atoms with Gasteiger partial charge in [-0.2, -0.15) is 5.26 Å². The first kappa shape index (κ1) is 14.1. The number of rotatable bonds is 1. The lowest BCUT2D eigenvalue weighted by Crippen LogP contribution is -2.35. The first-order chi connectivity index (χ1) is 10.9. The number of benzene rings is 1. The lowest BCUT2D eigenvalue weighted by molar-refractivity contribution is 0.251. The van der Waals surface area contributed by atoms with Crippen LogP contribution in [0.25, 0.3) is 0 Å². The molecule has 2 bridgehead atoms. The van der Waals surface area contributed by atoms with Gasteiger partial charge in [-0.1, -0.05) is 11.6 Å². The monoisotopic (exact) mass is 350 g/mol. The molecule has 7 heteroatoms. The van der Waals surface area contributed by atoms with Gasteiger partial charge in [0.25, 0.3) is 0 Å². The third kappa shape index (κ3) is 1.58. The highest BCUT2D eigenvalue weighted by Crippen LogP contribution is 2.63. The smallest absolute Gasteiger partial charge is 0.238 e. The molecule has 2 heterocycles. The summed E-state index contributed by atoms with van der Waals surface area (Å²) in [4.78, 5) is 0. The number of nitrogens with zero attached hydrogens (tertiary/aromatic N) is 2. The van der Waals surface area contributed by atoms with E-state index in [1.165, 1.54) is 4.31 Å². The van der Waals surface area contributed by atoms with Crippen LogP contribution in [0.4, 0.5) is 5.69 Å². The topological polar surface area (TPSA) is 73.7 Å². The number of hydrogen-bond donors (Lipinski definition) is 0. The van der Waals surface area contributed by atoms with Crippen molar-refractivity contribution < 1.29 is 13.2 Å². The van der Waals surface area contributed by atoms with E-state index in [1.807, 2.05) is 6.07 Å². The van der Waals surface area contributed by atoms with Crippen molar-refractivity contribution in [1.29, 1.82) is 5.26 Å². The van der Waals surface area contributed by atoms with E-state index in [4.69, 9.17) is 21.6 Å². The van der Waals surface area contributed by atoms with Crippen LogP contribution in [0, 0.1) is 36.0 Å². The minimum atomic E-state index is -3.40. The Labute approximate surface area is 139 Å². The second-order valence-electron chi connectivity index (χ2n) is 7.02. The molecule has 1 aromatic rings. The van der Waals surface area contributed by atoms with Gasteiger partial charge in [-0.05, 0) is 37.0 Å². The van der Waals surface area contributed by atoms with Gasteiger partial charge in [0.2, 0.25) is 10.0 Å². The Morgan fingerprint density at radius 2 is 2.04 bits per heavy atom. The molecule has 0 radical (unpaired) electrons. The van der Waals surface area contributed by atoms with Crippen molar-refractivity contribution in [3.8, 4) is 6.07 Å². The van der Waals surface area contributed by atoms with Crippen LogP contribution >= 0.6 is 11.6 Å². The highest BCUT2D eigenvalue weighted by Gasteiger charge is 2.73. The number of nitriles is 1. The third-order valence-corrected chi connectivity index (χ3v) is 8.95. The zero-order valence-electron chi connectivity index (χ0n) is 12.4. The fraction of sp³-hybridized carbons (Fsp3) is 0.562. The molecule has 0 aromatic heterocycles.